The van der Waals surface area contributed by atoms with Crippen molar-refractivity contribution in [3.05, 3.63) is 26.3 Å². The number of carboxylic acids is 1. The number of nitrogens with two attached hydrogens (primary N) is 3. The maximum Gasteiger partial charge on any atom is 0.353 e. The van der Waals surface area contributed by atoms with Crippen LogP contribution >= 0.6 is 81.3 Å². The number of oxime groups is 1. The van der Waals surface area contributed by atoms with Gasteiger partial charge >= 0.3 is 5.97 Å². The van der Waals surface area contributed by atoms with Crippen LogP contribution in [0.4, 0.5) is 5.13 Å². The molecule has 4 heterocycles. The van der Waals surface area contributed by atoms with E-state index in [-0.39, 0.29) is 26.6 Å². The molecule has 9 N–H and O–H groups in total. The number of carbonyl (C=O) groups is 3. The maximum absolute atomic E-state index is 13.1. The van der Waals surface area contributed by atoms with Gasteiger partial charge in [-0.3, -0.25) is 14.5 Å². The third kappa shape index (κ3) is 6.36. The highest BCUT2D eigenvalue weighted by atomic mass is 35.5. The third-order valence-electron chi connectivity index (χ3n) is 5.34. The molecule has 2 amide bonds. The molecule has 13 nitrogen and oxygen atoms in total. The summed E-state index contributed by atoms with van der Waals surface area (Å²) in [5.41, 5.74) is 17.4. The fourth-order valence-corrected chi connectivity index (χ4v) is 10.5. The zero-order chi connectivity index (χ0) is 29.1. The highest BCUT2D eigenvalue weighted by Crippen LogP contribution is 2.48. The Kier molecular flexibility index (Phi) is 10.5. The first-order chi connectivity index (χ1) is 19.1. The molecule has 4 rings (SSSR count). The number of carboxylic acid groups (broad SMARTS) is 1. The number of halogens is 1. The number of nitrogen functional groups attached to an aromatic ring is 1. The van der Waals surface area contributed by atoms with Crippen molar-refractivity contribution < 1.29 is 24.7 Å². The first-order valence-corrected chi connectivity index (χ1v) is 17.3. The molecule has 0 bridgehead atoms. The molecule has 1 saturated heterocycles. The Morgan fingerprint density at radius 1 is 1.35 bits per heavy atom. The zero-order valence-corrected chi connectivity index (χ0v) is 26.2. The molecule has 2 aliphatic heterocycles. The van der Waals surface area contributed by atoms with Crippen LogP contribution in [0.15, 0.2) is 24.3 Å². The summed E-state index contributed by atoms with van der Waals surface area (Å²) in [4.78, 5) is 48.5. The Hall–Kier alpha value is -1.71. The molecule has 2 aromatic rings. The highest BCUT2D eigenvalue weighted by Gasteiger charge is 2.54. The number of nitrogens with zero attached hydrogens (tertiary/aromatic N) is 4. The number of amides is 2. The first-order valence-electron chi connectivity index (χ1n) is 11.4. The number of β-lactam (4-membered cyclic amide) rings is 1. The predicted molar refractivity (Wildman–Crippen MR) is 162 cm³/mol. The monoisotopic (exact) mass is 682 g/mol. The van der Waals surface area contributed by atoms with E-state index in [4.69, 9.17) is 28.8 Å². The lowest BCUT2D eigenvalue weighted by atomic mass is 10.0. The Bertz CT molecular complexity index is 1380. The number of fused-ring (bicyclic) bond motifs is 1. The van der Waals surface area contributed by atoms with Gasteiger partial charge in [-0.05, 0) is 5.75 Å². The van der Waals surface area contributed by atoms with Crippen LogP contribution in [0.3, 0.4) is 0 Å². The van der Waals surface area contributed by atoms with Gasteiger partial charge in [-0.1, -0.05) is 58.5 Å². The summed E-state index contributed by atoms with van der Waals surface area (Å²) in [6.07, 6.45) is 0. The van der Waals surface area contributed by atoms with Crippen LogP contribution < -0.4 is 22.5 Å². The number of rotatable bonds is 12. The molecular formula is C20H23ClN8O5S6. The van der Waals surface area contributed by atoms with Gasteiger partial charge in [0.25, 0.3) is 11.8 Å². The molecule has 0 radical (unpaired) electrons. The number of anilines is 1. The van der Waals surface area contributed by atoms with Gasteiger partial charge in [0.15, 0.2) is 15.2 Å². The largest absolute Gasteiger partial charge is 0.477 e. The van der Waals surface area contributed by atoms with E-state index >= 15 is 0 Å². The van der Waals surface area contributed by atoms with Gasteiger partial charge in [0, 0.05) is 23.0 Å². The van der Waals surface area contributed by atoms with Crippen LogP contribution in [0.1, 0.15) is 23.7 Å². The molecule has 3 atom stereocenters. The lowest BCUT2D eigenvalue weighted by molar-refractivity contribution is -0.150. The molecule has 2 aliphatic rings. The van der Waals surface area contributed by atoms with E-state index in [9.17, 15) is 24.7 Å². The van der Waals surface area contributed by atoms with Crippen molar-refractivity contribution in [2.45, 2.75) is 32.3 Å². The molecule has 0 aromatic carbocycles. The fraction of sp³-hybridized carbons (Fsp3) is 0.400. The van der Waals surface area contributed by atoms with Crippen molar-refractivity contribution in [3.63, 3.8) is 0 Å². The molecule has 0 spiro atoms. The van der Waals surface area contributed by atoms with Gasteiger partial charge in [-0.2, -0.15) is 0 Å². The van der Waals surface area contributed by atoms with E-state index in [0.29, 0.717) is 22.9 Å². The van der Waals surface area contributed by atoms with Crippen molar-refractivity contribution in [3.8, 4) is 0 Å². The third-order valence-corrected chi connectivity index (χ3v) is 12.3. The van der Waals surface area contributed by atoms with Gasteiger partial charge in [-0.25, -0.2) is 14.8 Å². The zero-order valence-electron chi connectivity index (χ0n) is 20.5. The Labute approximate surface area is 258 Å². The Morgan fingerprint density at radius 3 is 2.70 bits per heavy atom. The molecule has 0 aliphatic carbocycles. The van der Waals surface area contributed by atoms with Gasteiger partial charge in [0.05, 0.1) is 15.3 Å². The molecule has 40 heavy (non-hydrogen) atoms. The van der Waals surface area contributed by atoms with Gasteiger partial charge in [0.1, 0.15) is 27.1 Å². The van der Waals surface area contributed by atoms with Crippen LogP contribution in [0.2, 0.25) is 4.34 Å². The number of thiazole rings is 2. The summed E-state index contributed by atoms with van der Waals surface area (Å²) in [5, 5.41) is 23.9. The number of aliphatic carboxylic acids is 1. The van der Waals surface area contributed by atoms with Crippen LogP contribution in [0.25, 0.3) is 0 Å². The first kappa shape index (κ1) is 31.2. The van der Waals surface area contributed by atoms with E-state index in [1.165, 1.54) is 58.4 Å². The minimum absolute atomic E-state index is 0.0379. The summed E-state index contributed by atoms with van der Waals surface area (Å²) in [5.74, 6) is -1.09. The summed E-state index contributed by atoms with van der Waals surface area (Å²) in [6.45, 7) is 2.47. The highest BCUT2D eigenvalue weighted by molar-refractivity contribution is 8.08. The topological polar surface area (TPSA) is 223 Å². The predicted octanol–water partition coefficient (Wildman–Crippen LogP) is 2.26. The summed E-state index contributed by atoms with van der Waals surface area (Å²) in [7, 11) is 0. The standard InChI is InChI=1S/C20H23ClN8O5S6/c1-2-35-13(23)9-18(40-20(27-9)36-4-3-22)38-6-5-37-16-10(15(31)29(16)11(6)17(32)33)25-14(30)8(28-34)7-12(21)39-19(24)26-7/h10,13,16,34H,2-5,22-23H2,1H3,(H2,24,26)(H,25,30)(H,32,33)/b28-8-/t10-,13?,16+/m1/s1. The number of hydrogen-bond acceptors (Lipinski definition) is 16. The lowest BCUT2D eigenvalue weighted by Gasteiger charge is -2.49. The van der Waals surface area contributed by atoms with E-state index in [0.717, 1.165) is 30.5 Å². The van der Waals surface area contributed by atoms with Gasteiger partial charge in [-0.15, -0.1) is 34.9 Å². The second kappa shape index (κ2) is 13.5. The summed E-state index contributed by atoms with van der Waals surface area (Å²) < 4.78 is 1.57. The normalized spacial score (nSPS) is 19.9. The summed E-state index contributed by atoms with van der Waals surface area (Å²) >= 11 is 13.9. The quantitative estimate of drug-likeness (QED) is 0.0472. The average molecular weight is 683 g/mol. The van der Waals surface area contributed by atoms with E-state index in [1.54, 1.807) is 0 Å². The molecule has 20 heteroatoms. The SMILES string of the molecule is CCSC(N)c1nc(SCCN)sc1SC1=C(C(=O)O)N2C(=O)[C@@H](NC(=O)/C(=N\O)c3nc(N)sc3Cl)[C@@H]2SC1. The van der Waals surface area contributed by atoms with Crippen molar-refractivity contribution in [2.24, 2.45) is 16.6 Å². The smallest absolute Gasteiger partial charge is 0.353 e. The van der Waals surface area contributed by atoms with Crippen molar-refractivity contribution in [1.82, 2.24) is 20.2 Å². The van der Waals surface area contributed by atoms with Crippen LogP contribution in [-0.4, -0.2) is 83.9 Å². The van der Waals surface area contributed by atoms with E-state index in [2.05, 4.69) is 20.4 Å². The fourth-order valence-electron chi connectivity index (χ4n) is 3.67. The molecule has 1 unspecified atom stereocenters. The molecule has 2 aromatic heterocycles. The van der Waals surface area contributed by atoms with E-state index in [1.807, 2.05) is 6.92 Å². The molecular weight excluding hydrogens is 660 g/mol. The molecule has 216 valence electrons. The minimum Gasteiger partial charge on any atom is -0.477 e. The number of carbonyl (C=O) groups excluding carboxylic acids is 2. The van der Waals surface area contributed by atoms with Crippen LogP contribution in [0.5, 0.6) is 0 Å². The van der Waals surface area contributed by atoms with E-state index < -0.39 is 40.3 Å². The number of aromatic nitrogens is 2. The number of thioether (sulfide) groups is 4. The molecule has 1 fully saturated rings. The minimum atomic E-state index is -1.27. The maximum atomic E-state index is 13.1. The average Bonchev–Trinajstić information content (AvgIpc) is 3.47. The lowest BCUT2D eigenvalue weighted by Crippen LogP contribution is -2.71. The van der Waals surface area contributed by atoms with Crippen molar-refractivity contribution >= 4 is 110 Å². The van der Waals surface area contributed by atoms with Crippen molar-refractivity contribution in [2.75, 3.05) is 29.5 Å². The summed E-state index contributed by atoms with van der Waals surface area (Å²) in [6, 6.07) is -1.06. The van der Waals surface area contributed by atoms with Gasteiger partial charge in [0.2, 0.25) is 0 Å². The Morgan fingerprint density at radius 2 is 2.10 bits per heavy atom. The van der Waals surface area contributed by atoms with Crippen LogP contribution in [-0.2, 0) is 14.4 Å². The van der Waals surface area contributed by atoms with Crippen molar-refractivity contribution in [1.29, 1.82) is 0 Å². The Balaban J connectivity index is 1.56. The van der Waals surface area contributed by atoms with Crippen LogP contribution in [0, 0.1) is 0 Å². The number of hydrogen-bond donors (Lipinski definition) is 6. The van der Waals surface area contributed by atoms with Gasteiger partial charge < -0.3 is 32.8 Å². The second-order valence-electron chi connectivity index (χ2n) is 7.83. The number of nitrogens with one attached hydrogen (secondary N) is 1. The second-order valence-corrected chi connectivity index (χ2v) is 15.7. The molecule has 0 saturated carbocycles.